The molecule has 0 aliphatic carbocycles. The van der Waals surface area contributed by atoms with Crippen LogP contribution in [0.1, 0.15) is 5.69 Å². The van der Waals surface area contributed by atoms with Crippen molar-refractivity contribution in [1.29, 1.82) is 0 Å². The van der Waals surface area contributed by atoms with Crippen molar-refractivity contribution < 1.29 is 17.9 Å². The van der Waals surface area contributed by atoms with Gasteiger partial charge in [0.25, 0.3) is 0 Å². The molecule has 1 aromatic rings. The van der Waals surface area contributed by atoms with E-state index >= 15 is 0 Å². The van der Waals surface area contributed by atoms with Gasteiger partial charge in [0.1, 0.15) is 0 Å². The van der Waals surface area contributed by atoms with Gasteiger partial charge >= 0.3 is 0 Å². The van der Waals surface area contributed by atoms with Gasteiger partial charge in [0, 0.05) is 26.3 Å². The number of nitrogens with one attached hydrogen (secondary N) is 1. The number of carbonyl (C=O) groups excluding carboxylic acids is 1. The van der Waals surface area contributed by atoms with Gasteiger partial charge in [-0.1, -0.05) is 0 Å². The van der Waals surface area contributed by atoms with Crippen LogP contribution in [0.4, 0.5) is 5.95 Å². The first-order valence-corrected chi connectivity index (χ1v) is 9.04. The molecule has 1 aromatic heterocycles. The molecule has 1 aliphatic rings. The quantitative estimate of drug-likeness (QED) is 0.693. The second kappa shape index (κ2) is 7.66. The Hall–Kier alpha value is -1.78. The van der Waals surface area contributed by atoms with Crippen LogP contribution in [0.15, 0.2) is 12.3 Å². The lowest BCUT2D eigenvalue weighted by atomic mass is 10.4. The SMILES string of the molecule is CN(CC(=O)NCc1ccnc(N2CCOCC2)n1)S(C)(=O)=O. The van der Waals surface area contributed by atoms with Crippen LogP contribution in [0, 0.1) is 0 Å². The molecule has 1 saturated heterocycles. The number of likely N-dealkylation sites (N-methyl/N-ethyl adjacent to an activating group) is 1. The van der Waals surface area contributed by atoms with Crippen molar-refractivity contribution in [1.82, 2.24) is 19.6 Å². The minimum absolute atomic E-state index is 0.219. The van der Waals surface area contributed by atoms with Crippen molar-refractivity contribution >= 4 is 21.9 Å². The van der Waals surface area contributed by atoms with Gasteiger partial charge in [-0.15, -0.1) is 0 Å². The third-order valence-electron chi connectivity index (χ3n) is 3.39. The molecular formula is C13H21N5O4S. The Morgan fingerprint density at radius 3 is 2.78 bits per heavy atom. The minimum Gasteiger partial charge on any atom is -0.378 e. The average molecular weight is 343 g/mol. The summed E-state index contributed by atoms with van der Waals surface area (Å²) in [5.41, 5.74) is 0.664. The van der Waals surface area contributed by atoms with Crippen LogP contribution in [0.25, 0.3) is 0 Å². The van der Waals surface area contributed by atoms with Crippen LogP contribution in [0.2, 0.25) is 0 Å². The van der Waals surface area contributed by atoms with Crippen LogP contribution in [0.3, 0.4) is 0 Å². The van der Waals surface area contributed by atoms with Gasteiger partial charge in [0.2, 0.25) is 21.9 Å². The summed E-state index contributed by atoms with van der Waals surface area (Å²) < 4.78 is 28.8. The molecule has 1 aliphatic heterocycles. The number of aromatic nitrogens is 2. The summed E-state index contributed by atoms with van der Waals surface area (Å²) >= 11 is 0. The zero-order valence-corrected chi connectivity index (χ0v) is 14.0. The summed E-state index contributed by atoms with van der Waals surface area (Å²) in [7, 11) is -2.02. The van der Waals surface area contributed by atoms with E-state index in [9.17, 15) is 13.2 Å². The molecule has 10 heteroatoms. The number of hydrogen-bond acceptors (Lipinski definition) is 7. The van der Waals surface area contributed by atoms with Crippen molar-refractivity contribution in [3.8, 4) is 0 Å². The molecule has 0 aromatic carbocycles. The Bertz CT molecular complexity index is 646. The Balaban J connectivity index is 1.89. The fourth-order valence-electron chi connectivity index (χ4n) is 1.96. The minimum atomic E-state index is -3.37. The molecule has 9 nitrogen and oxygen atoms in total. The molecule has 2 heterocycles. The number of amides is 1. The van der Waals surface area contributed by atoms with E-state index in [0.717, 1.165) is 23.7 Å². The first-order chi connectivity index (χ1) is 10.9. The third-order valence-corrected chi connectivity index (χ3v) is 4.65. The van der Waals surface area contributed by atoms with Crippen LogP contribution in [-0.4, -0.2) is 74.7 Å². The van der Waals surface area contributed by atoms with E-state index in [0.29, 0.717) is 24.9 Å². The number of anilines is 1. The Kier molecular flexibility index (Phi) is 5.85. The number of carbonyl (C=O) groups is 1. The van der Waals surface area contributed by atoms with E-state index in [2.05, 4.69) is 15.3 Å². The van der Waals surface area contributed by atoms with Gasteiger partial charge in [0.05, 0.1) is 38.3 Å². The maximum absolute atomic E-state index is 11.8. The Labute approximate surface area is 135 Å². The van der Waals surface area contributed by atoms with Crippen molar-refractivity contribution in [2.24, 2.45) is 0 Å². The van der Waals surface area contributed by atoms with Crippen molar-refractivity contribution in [3.05, 3.63) is 18.0 Å². The largest absolute Gasteiger partial charge is 0.378 e. The fourth-order valence-corrected chi connectivity index (χ4v) is 2.32. The van der Waals surface area contributed by atoms with Gasteiger partial charge < -0.3 is 15.0 Å². The van der Waals surface area contributed by atoms with E-state index in [1.807, 2.05) is 4.90 Å². The van der Waals surface area contributed by atoms with Crippen LogP contribution < -0.4 is 10.2 Å². The van der Waals surface area contributed by atoms with Gasteiger partial charge in [-0.05, 0) is 6.07 Å². The standard InChI is InChI=1S/C13H21N5O4S/c1-17(23(2,20)21)10-12(19)15-9-11-3-4-14-13(16-11)18-5-7-22-8-6-18/h3-4H,5-10H2,1-2H3,(H,15,19). The third kappa shape index (κ3) is 5.41. The van der Waals surface area contributed by atoms with E-state index in [-0.39, 0.29) is 19.0 Å². The molecule has 1 fully saturated rings. The summed E-state index contributed by atoms with van der Waals surface area (Å²) in [4.78, 5) is 22.4. The van der Waals surface area contributed by atoms with Gasteiger partial charge in [-0.3, -0.25) is 4.79 Å². The van der Waals surface area contributed by atoms with Crippen LogP contribution in [0.5, 0.6) is 0 Å². The second-order valence-corrected chi connectivity index (χ2v) is 7.33. The van der Waals surface area contributed by atoms with E-state index in [1.165, 1.54) is 7.05 Å². The highest BCUT2D eigenvalue weighted by molar-refractivity contribution is 7.88. The number of ether oxygens (including phenoxy) is 1. The summed E-state index contributed by atoms with van der Waals surface area (Å²) in [5.74, 6) is 0.220. The van der Waals surface area contributed by atoms with Crippen LogP contribution in [-0.2, 0) is 26.1 Å². The summed E-state index contributed by atoms with van der Waals surface area (Å²) in [6.45, 7) is 2.74. The fraction of sp³-hybridized carbons (Fsp3) is 0.615. The summed E-state index contributed by atoms with van der Waals surface area (Å²) in [5, 5.41) is 2.65. The summed E-state index contributed by atoms with van der Waals surface area (Å²) in [6.07, 6.45) is 2.70. The van der Waals surface area contributed by atoms with Gasteiger partial charge in [-0.2, -0.15) is 4.31 Å². The lowest BCUT2D eigenvalue weighted by Crippen LogP contribution is -2.38. The highest BCUT2D eigenvalue weighted by Crippen LogP contribution is 2.09. The smallest absolute Gasteiger partial charge is 0.235 e. The molecule has 23 heavy (non-hydrogen) atoms. The monoisotopic (exact) mass is 343 g/mol. The highest BCUT2D eigenvalue weighted by atomic mass is 32.2. The molecule has 0 radical (unpaired) electrons. The summed E-state index contributed by atoms with van der Waals surface area (Å²) in [6, 6.07) is 1.71. The predicted molar refractivity (Wildman–Crippen MR) is 84.4 cm³/mol. The lowest BCUT2D eigenvalue weighted by molar-refractivity contribution is -0.121. The molecule has 128 valence electrons. The van der Waals surface area contributed by atoms with Crippen molar-refractivity contribution in [3.63, 3.8) is 0 Å². The molecule has 0 bridgehead atoms. The molecule has 1 amide bonds. The number of hydrogen-bond donors (Lipinski definition) is 1. The average Bonchev–Trinajstić information content (AvgIpc) is 2.53. The number of morpholine rings is 1. The Morgan fingerprint density at radius 2 is 2.13 bits per heavy atom. The van der Waals surface area contributed by atoms with E-state index < -0.39 is 10.0 Å². The van der Waals surface area contributed by atoms with E-state index in [4.69, 9.17) is 4.74 Å². The van der Waals surface area contributed by atoms with Gasteiger partial charge in [0.15, 0.2) is 0 Å². The van der Waals surface area contributed by atoms with Crippen LogP contribution >= 0.6 is 0 Å². The zero-order valence-electron chi connectivity index (χ0n) is 13.2. The predicted octanol–water partition coefficient (Wildman–Crippen LogP) is -1.18. The number of sulfonamides is 1. The molecular weight excluding hydrogens is 322 g/mol. The highest BCUT2D eigenvalue weighted by Gasteiger charge is 2.16. The molecule has 1 N–H and O–H groups in total. The molecule has 0 atom stereocenters. The Morgan fingerprint density at radius 1 is 1.43 bits per heavy atom. The second-order valence-electron chi connectivity index (χ2n) is 5.24. The van der Waals surface area contributed by atoms with Gasteiger partial charge in [-0.25, -0.2) is 18.4 Å². The van der Waals surface area contributed by atoms with Crippen molar-refractivity contribution in [2.75, 3.05) is 51.1 Å². The molecule has 2 rings (SSSR count). The normalized spacial score (nSPS) is 15.7. The van der Waals surface area contributed by atoms with Crippen molar-refractivity contribution in [2.45, 2.75) is 6.54 Å². The first-order valence-electron chi connectivity index (χ1n) is 7.19. The lowest BCUT2D eigenvalue weighted by Gasteiger charge is -2.26. The molecule has 0 spiro atoms. The number of rotatable bonds is 6. The first kappa shape index (κ1) is 17.6. The number of nitrogens with zero attached hydrogens (tertiary/aromatic N) is 4. The molecule has 0 unspecified atom stereocenters. The van der Waals surface area contributed by atoms with E-state index in [1.54, 1.807) is 12.3 Å². The maximum Gasteiger partial charge on any atom is 0.235 e. The maximum atomic E-state index is 11.8. The topological polar surface area (TPSA) is 105 Å². The molecule has 0 saturated carbocycles. The zero-order chi connectivity index (χ0) is 16.9.